The minimum absolute atomic E-state index is 0.500. The number of halogens is 3. The smallest absolute Gasteiger partial charge is 0.194 e. The molecule has 0 unspecified atom stereocenters. The molecule has 6 heteroatoms. The summed E-state index contributed by atoms with van der Waals surface area (Å²) < 4.78 is -0.750. The second kappa shape index (κ2) is 7.27. The molecule has 8 heavy (non-hydrogen) atoms. The summed E-state index contributed by atoms with van der Waals surface area (Å²) in [6.07, 6.45) is 0. The summed E-state index contributed by atoms with van der Waals surface area (Å²) in [5.41, 5.74) is 0. The third-order valence-corrected chi connectivity index (χ3v) is 0. The Morgan fingerprint density at radius 3 is 1.50 bits per heavy atom. The van der Waals surface area contributed by atoms with Crippen LogP contribution >= 0.6 is 34.8 Å². The molecule has 0 fully saturated rings. The van der Waals surface area contributed by atoms with Gasteiger partial charge in [-0.1, -0.05) is 34.8 Å². The van der Waals surface area contributed by atoms with Crippen molar-refractivity contribution < 1.29 is 4.92 Å². The molecule has 0 bridgehead atoms. The number of nitrogens with zero attached hydrogens (tertiary/aromatic N) is 1. The van der Waals surface area contributed by atoms with Gasteiger partial charge in [0.15, 0.2) is 11.3 Å². The second-order valence-electron chi connectivity index (χ2n) is 0.687. The molecule has 3 nitrogen and oxygen atoms in total. The number of rotatable bonds is 0. The fourth-order valence-corrected chi connectivity index (χ4v) is 0. The van der Waals surface area contributed by atoms with Crippen molar-refractivity contribution in [3.8, 4) is 0 Å². The van der Waals surface area contributed by atoms with E-state index in [4.69, 9.17) is 44.9 Å². The maximum atomic E-state index is 8.81. The summed E-state index contributed by atoms with van der Waals surface area (Å²) in [5, 5.41) is 8.81. The first-order valence-corrected chi connectivity index (χ1v) is 2.78. The fraction of sp³-hybridized carbons (Fsp3) is 1.00. The highest BCUT2D eigenvalue weighted by Gasteiger charge is 1.78. The standard InChI is InChI=1S/CHCl3.CH3NO2/c2-1(3)4;1-2(3)4/h1H;1H3. The van der Waals surface area contributed by atoms with E-state index in [2.05, 4.69) is 0 Å². The van der Waals surface area contributed by atoms with Gasteiger partial charge in [-0.05, 0) is 0 Å². The number of alkyl halides is 3. The lowest BCUT2D eigenvalue weighted by atomic mass is 11.5. The monoisotopic (exact) mass is 179 g/mol. The van der Waals surface area contributed by atoms with E-state index in [-0.39, 0.29) is 0 Å². The first-order valence-electron chi connectivity index (χ1n) is 1.47. The second-order valence-corrected chi connectivity index (χ2v) is 2.67. The van der Waals surface area contributed by atoms with Gasteiger partial charge in [-0.15, -0.1) is 0 Å². The van der Waals surface area contributed by atoms with E-state index < -0.39 is 9.22 Å². The minimum atomic E-state index is -0.750. The van der Waals surface area contributed by atoms with Gasteiger partial charge in [-0.25, -0.2) is 0 Å². The van der Waals surface area contributed by atoms with Crippen LogP contribution in [0.2, 0.25) is 0 Å². The number of nitro groups is 1. The molecule has 0 atom stereocenters. The summed E-state index contributed by atoms with van der Waals surface area (Å²) in [4.78, 5) is 8.31. The Morgan fingerprint density at radius 1 is 1.50 bits per heavy atom. The topological polar surface area (TPSA) is 43.1 Å². The highest BCUT2D eigenvalue weighted by atomic mass is 35.6. The lowest BCUT2D eigenvalue weighted by Gasteiger charge is -1.69. The SMILES string of the molecule is C[N+](=O)[O-].ClC(Cl)Cl. The summed E-state index contributed by atoms with van der Waals surface area (Å²) in [7, 11) is 0.889. The zero-order chi connectivity index (χ0) is 7.15. The van der Waals surface area contributed by atoms with Crippen molar-refractivity contribution in [3.05, 3.63) is 10.1 Å². The Labute approximate surface area is 61.7 Å². The van der Waals surface area contributed by atoms with Crippen LogP contribution in [0, 0.1) is 10.1 Å². The molecule has 0 radical (unpaired) electrons. The van der Waals surface area contributed by atoms with E-state index in [1.165, 1.54) is 0 Å². The van der Waals surface area contributed by atoms with Crippen molar-refractivity contribution in [1.29, 1.82) is 0 Å². The van der Waals surface area contributed by atoms with E-state index in [1.54, 1.807) is 0 Å². The first kappa shape index (κ1) is 11.1. The van der Waals surface area contributed by atoms with Gasteiger partial charge in [0.25, 0.3) is 0 Å². The molecule has 0 rings (SSSR count). The van der Waals surface area contributed by atoms with Crippen LogP contribution in [0.15, 0.2) is 0 Å². The molecule has 0 aromatic heterocycles. The first-order chi connectivity index (χ1) is 3.46. The van der Waals surface area contributed by atoms with Gasteiger partial charge in [-0.3, -0.25) is 10.1 Å². The van der Waals surface area contributed by atoms with E-state index >= 15 is 0 Å². The maximum absolute atomic E-state index is 8.81. The van der Waals surface area contributed by atoms with E-state index in [1.807, 2.05) is 0 Å². The van der Waals surface area contributed by atoms with Crippen molar-refractivity contribution in [2.24, 2.45) is 0 Å². The number of hydrogen-bond donors (Lipinski definition) is 0. The summed E-state index contributed by atoms with van der Waals surface area (Å²) >= 11 is 14.4. The van der Waals surface area contributed by atoms with Gasteiger partial charge < -0.3 is 0 Å². The van der Waals surface area contributed by atoms with Crippen molar-refractivity contribution in [2.45, 2.75) is 4.30 Å². The molecule has 0 aliphatic carbocycles. The molecule has 0 aliphatic heterocycles. The third kappa shape index (κ3) is 2390. The van der Waals surface area contributed by atoms with E-state index in [9.17, 15) is 0 Å². The largest absolute Gasteiger partial charge is 0.265 e. The predicted octanol–water partition coefficient (Wildman–Crippen LogP) is 1.88. The van der Waals surface area contributed by atoms with Crippen LogP contribution in [0.4, 0.5) is 0 Å². The number of hydrogen-bond acceptors (Lipinski definition) is 2. The molecule has 0 aromatic rings. The molecule has 0 aliphatic rings. The highest BCUT2D eigenvalue weighted by Crippen LogP contribution is 2.03. The van der Waals surface area contributed by atoms with Crippen molar-refractivity contribution in [1.82, 2.24) is 0 Å². The Balaban J connectivity index is 0. The Bertz CT molecular complexity index is 59.5. The van der Waals surface area contributed by atoms with Crippen LogP contribution in [0.3, 0.4) is 0 Å². The van der Waals surface area contributed by atoms with E-state index in [0.717, 1.165) is 7.05 Å². The van der Waals surface area contributed by atoms with Gasteiger partial charge in [0.05, 0.1) is 0 Å². The van der Waals surface area contributed by atoms with Crippen molar-refractivity contribution >= 4 is 34.8 Å². The van der Waals surface area contributed by atoms with Crippen LogP contribution in [0.1, 0.15) is 0 Å². The van der Waals surface area contributed by atoms with Crippen LogP contribution in [-0.4, -0.2) is 16.3 Å². The zero-order valence-corrected chi connectivity index (χ0v) is 6.24. The van der Waals surface area contributed by atoms with Gasteiger partial charge in [0.2, 0.25) is 0 Å². The van der Waals surface area contributed by atoms with Crippen LogP contribution in [0.25, 0.3) is 0 Å². The average molecular weight is 180 g/mol. The molecule has 0 saturated heterocycles. The van der Waals surface area contributed by atoms with Crippen LogP contribution < -0.4 is 0 Å². The molecule has 0 N–H and O–H groups in total. The molecular weight excluding hydrogens is 176 g/mol. The molecule has 0 aromatic carbocycles. The normalized spacial score (nSPS) is 7.62. The van der Waals surface area contributed by atoms with Crippen molar-refractivity contribution in [2.75, 3.05) is 7.05 Å². The van der Waals surface area contributed by atoms with Gasteiger partial charge in [0, 0.05) is 4.92 Å². The summed E-state index contributed by atoms with van der Waals surface area (Å²) in [6, 6.07) is 0. The fourth-order valence-electron chi connectivity index (χ4n) is 0. The Kier molecular flexibility index (Phi) is 10.1. The minimum Gasteiger partial charge on any atom is -0.265 e. The van der Waals surface area contributed by atoms with Gasteiger partial charge >= 0.3 is 0 Å². The molecule has 0 spiro atoms. The van der Waals surface area contributed by atoms with Crippen LogP contribution in [-0.2, 0) is 0 Å². The summed E-state index contributed by atoms with van der Waals surface area (Å²) in [6.45, 7) is 0. The van der Waals surface area contributed by atoms with Crippen LogP contribution in [0.5, 0.6) is 0 Å². The Morgan fingerprint density at radius 2 is 1.50 bits per heavy atom. The molecule has 0 saturated carbocycles. The Hall–Kier alpha value is 0.270. The molecule has 50 valence electrons. The zero-order valence-electron chi connectivity index (χ0n) is 3.97. The maximum Gasteiger partial charge on any atom is 0.194 e. The quantitative estimate of drug-likeness (QED) is 0.324. The average Bonchev–Trinajstić information content (AvgIpc) is 1.25. The lowest BCUT2D eigenvalue weighted by molar-refractivity contribution is -0.445. The van der Waals surface area contributed by atoms with Gasteiger partial charge in [-0.2, -0.15) is 0 Å². The third-order valence-electron chi connectivity index (χ3n) is 0. The van der Waals surface area contributed by atoms with Gasteiger partial charge in [0.1, 0.15) is 0 Å². The summed E-state index contributed by atoms with van der Waals surface area (Å²) in [5.74, 6) is 0. The van der Waals surface area contributed by atoms with Crippen molar-refractivity contribution in [3.63, 3.8) is 0 Å². The highest BCUT2D eigenvalue weighted by molar-refractivity contribution is 6.63. The van der Waals surface area contributed by atoms with E-state index in [0.29, 0.717) is 0 Å². The molecular formula is C2H4Cl3NO2. The predicted molar refractivity (Wildman–Crippen MR) is 34.3 cm³/mol. The molecule has 0 heterocycles. The molecule has 0 amide bonds. The lowest BCUT2D eigenvalue weighted by Crippen LogP contribution is -1.79.